The van der Waals surface area contributed by atoms with E-state index in [9.17, 15) is 0 Å². The first-order chi connectivity index (χ1) is 6.53. The van der Waals surface area contributed by atoms with Crippen LogP contribution in [0.25, 0.3) is 0 Å². The van der Waals surface area contributed by atoms with Crippen molar-refractivity contribution in [2.24, 2.45) is 5.73 Å². The van der Waals surface area contributed by atoms with Crippen LogP contribution in [0.15, 0.2) is 28.7 Å². The zero-order valence-corrected chi connectivity index (χ0v) is 9.71. The Bertz CT molecular complexity index is 335. The number of halogens is 1. The summed E-state index contributed by atoms with van der Waals surface area (Å²) in [6, 6.07) is 10.2. The molecule has 0 fully saturated rings. The van der Waals surface area contributed by atoms with Gasteiger partial charge in [0.2, 0.25) is 0 Å². The van der Waals surface area contributed by atoms with E-state index in [4.69, 9.17) is 11.0 Å². The molecular weight excluding hydrogens is 240 g/mol. The second kappa shape index (κ2) is 4.59. The Labute approximate surface area is 92.9 Å². The summed E-state index contributed by atoms with van der Waals surface area (Å²) in [6.45, 7) is 1.76. The first-order valence-electron chi connectivity index (χ1n) is 4.48. The molecule has 1 aromatic rings. The maximum Gasteiger partial charge on any atom is 0.101 e. The molecule has 0 heterocycles. The van der Waals surface area contributed by atoms with Crippen LogP contribution < -0.4 is 5.73 Å². The van der Waals surface area contributed by atoms with E-state index < -0.39 is 5.54 Å². The molecule has 2 N–H and O–H groups in total. The van der Waals surface area contributed by atoms with Crippen molar-refractivity contribution in [3.05, 3.63) is 34.3 Å². The van der Waals surface area contributed by atoms with Gasteiger partial charge in [0.15, 0.2) is 0 Å². The molecule has 3 heteroatoms. The van der Waals surface area contributed by atoms with Crippen molar-refractivity contribution >= 4 is 15.9 Å². The molecule has 0 aromatic heterocycles. The highest BCUT2D eigenvalue weighted by Gasteiger charge is 2.16. The Morgan fingerprint density at radius 2 is 2.00 bits per heavy atom. The van der Waals surface area contributed by atoms with E-state index >= 15 is 0 Å². The number of hydrogen-bond acceptors (Lipinski definition) is 2. The number of benzene rings is 1. The molecule has 1 aromatic carbocycles. The second-order valence-electron chi connectivity index (χ2n) is 3.66. The fraction of sp³-hybridized carbons (Fsp3) is 0.364. The first-order valence-corrected chi connectivity index (χ1v) is 5.27. The molecule has 14 heavy (non-hydrogen) atoms. The van der Waals surface area contributed by atoms with Crippen LogP contribution in [0, 0.1) is 11.3 Å². The van der Waals surface area contributed by atoms with E-state index in [1.165, 1.54) is 5.56 Å². The number of nitrogens with two attached hydrogens (primary N) is 1. The van der Waals surface area contributed by atoms with Crippen molar-refractivity contribution in [2.45, 2.75) is 25.3 Å². The number of hydrogen-bond donors (Lipinski definition) is 1. The van der Waals surface area contributed by atoms with Crippen molar-refractivity contribution < 1.29 is 0 Å². The predicted octanol–water partition coefficient (Wildman–Crippen LogP) is 2.62. The van der Waals surface area contributed by atoms with Gasteiger partial charge in [-0.2, -0.15) is 5.26 Å². The van der Waals surface area contributed by atoms with Crippen LogP contribution in [-0.2, 0) is 6.42 Å². The number of rotatable bonds is 3. The summed E-state index contributed by atoms with van der Waals surface area (Å²) in [7, 11) is 0. The molecule has 2 nitrogen and oxygen atoms in total. The van der Waals surface area contributed by atoms with Crippen LogP contribution in [0.1, 0.15) is 18.9 Å². The molecule has 74 valence electrons. The lowest BCUT2D eigenvalue weighted by atomic mass is 9.96. The summed E-state index contributed by atoms with van der Waals surface area (Å²) < 4.78 is 1.07. The van der Waals surface area contributed by atoms with Crippen molar-refractivity contribution in [3.8, 4) is 6.07 Å². The second-order valence-corrected chi connectivity index (χ2v) is 4.57. The quantitative estimate of drug-likeness (QED) is 0.900. The summed E-state index contributed by atoms with van der Waals surface area (Å²) >= 11 is 3.37. The summed E-state index contributed by atoms with van der Waals surface area (Å²) in [6.07, 6.45) is 1.53. The first kappa shape index (κ1) is 11.2. The van der Waals surface area contributed by atoms with E-state index in [1.807, 2.05) is 24.3 Å². The van der Waals surface area contributed by atoms with Gasteiger partial charge in [-0.05, 0) is 37.5 Å². The average Bonchev–Trinajstić information content (AvgIpc) is 2.17. The smallest absolute Gasteiger partial charge is 0.101 e. The van der Waals surface area contributed by atoms with Crippen LogP contribution in [0.5, 0.6) is 0 Å². The molecular formula is C11H13BrN2. The van der Waals surface area contributed by atoms with Gasteiger partial charge in [-0.3, -0.25) is 0 Å². The third-order valence-corrected chi connectivity index (χ3v) is 2.63. The highest BCUT2D eigenvalue weighted by molar-refractivity contribution is 9.10. The molecule has 1 rings (SSSR count). The van der Waals surface area contributed by atoms with Gasteiger partial charge < -0.3 is 5.73 Å². The van der Waals surface area contributed by atoms with Gasteiger partial charge in [-0.25, -0.2) is 0 Å². The molecule has 0 aliphatic rings. The molecule has 0 spiro atoms. The van der Waals surface area contributed by atoms with Gasteiger partial charge in [0, 0.05) is 4.47 Å². The van der Waals surface area contributed by atoms with Crippen LogP contribution in [-0.4, -0.2) is 5.54 Å². The Hall–Kier alpha value is -0.850. The van der Waals surface area contributed by atoms with Gasteiger partial charge in [0.05, 0.1) is 6.07 Å². The topological polar surface area (TPSA) is 49.8 Å². The zero-order chi connectivity index (χ0) is 10.6. The molecule has 0 saturated heterocycles. The Morgan fingerprint density at radius 3 is 2.50 bits per heavy atom. The minimum absolute atomic E-state index is 0.686. The van der Waals surface area contributed by atoms with E-state index in [1.54, 1.807) is 6.92 Å². The van der Waals surface area contributed by atoms with Crippen LogP contribution in [0.4, 0.5) is 0 Å². The highest BCUT2D eigenvalue weighted by atomic mass is 79.9. The number of aryl methyl sites for hydroxylation is 1. The molecule has 0 amide bonds. The maximum atomic E-state index is 8.73. The number of nitriles is 1. The standard InChI is InChI=1S/C11H13BrN2/c1-11(14,8-13)7-6-9-2-4-10(12)5-3-9/h2-5H,6-7,14H2,1H3/t11-/m1/s1. The predicted molar refractivity (Wildman–Crippen MR) is 60.7 cm³/mol. The Kier molecular flexibility index (Phi) is 3.68. The largest absolute Gasteiger partial charge is 0.314 e. The van der Waals surface area contributed by atoms with E-state index in [-0.39, 0.29) is 0 Å². The van der Waals surface area contributed by atoms with Gasteiger partial charge in [0.25, 0.3) is 0 Å². The molecule has 0 unspecified atom stereocenters. The molecule has 0 saturated carbocycles. The third-order valence-electron chi connectivity index (χ3n) is 2.10. The SMILES string of the molecule is C[C@](N)(C#N)CCc1ccc(Br)cc1. The summed E-state index contributed by atoms with van der Waals surface area (Å²) in [4.78, 5) is 0. The Morgan fingerprint density at radius 1 is 1.43 bits per heavy atom. The fourth-order valence-corrected chi connectivity index (χ4v) is 1.38. The van der Waals surface area contributed by atoms with E-state index in [2.05, 4.69) is 22.0 Å². The van der Waals surface area contributed by atoms with Crippen molar-refractivity contribution in [1.82, 2.24) is 0 Å². The van der Waals surface area contributed by atoms with Crippen LogP contribution in [0.3, 0.4) is 0 Å². The summed E-state index contributed by atoms with van der Waals surface area (Å²) in [5.74, 6) is 0. The number of nitrogens with zero attached hydrogens (tertiary/aromatic N) is 1. The van der Waals surface area contributed by atoms with Crippen molar-refractivity contribution in [3.63, 3.8) is 0 Å². The van der Waals surface area contributed by atoms with Gasteiger partial charge in [-0.1, -0.05) is 28.1 Å². The molecule has 0 radical (unpaired) electrons. The minimum atomic E-state index is -0.715. The lowest BCUT2D eigenvalue weighted by molar-refractivity contribution is 0.546. The normalized spacial score (nSPS) is 14.4. The van der Waals surface area contributed by atoms with Crippen LogP contribution in [0.2, 0.25) is 0 Å². The zero-order valence-electron chi connectivity index (χ0n) is 8.13. The summed E-state index contributed by atoms with van der Waals surface area (Å²) in [5.41, 5.74) is 6.22. The molecule has 0 aliphatic heterocycles. The van der Waals surface area contributed by atoms with E-state index in [0.717, 1.165) is 10.9 Å². The van der Waals surface area contributed by atoms with Gasteiger partial charge in [0.1, 0.15) is 5.54 Å². The fourth-order valence-electron chi connectivity index (χ4n) is 1.11. The van der Waals surface area contributed by atoms with Crippen molar-refractivity contribution in [2.75, 3.05) is 0 Å². The Balaban J connectivity index is 2.55. The maximum absolute atomic E-state index is 8.73. The van der Waals surface area contributed by atoms with Crippen molar-refractivity contribution in [1.29, 1.82) is 5.26 Å². The minimum Gasteiger partial charge on any atom is -0.314 e. The molecule has 0 bridgehead atoms. The van der Waals surface area contributed by atoms with Crippen LogP contribution >= 0.6 is 15.9 Å². The summed E-state index contributed by atoms with van der Waals surface area (Å²) in [5, 5.41) is 8.73. The van der Waals surface area contributed by atoms with Gasteiger partial charge in [-0.15, -0.1) is 0 Å². The molecule has 0 aliphatic carbocycles. The monoisotopic (exact) mass is 252 g/mol. The average molecular weight is 253 g/mol. The lowest BCUT2D eigenvalue weighted by Crippen LogP contribution is -2.34. The van der Waals surface area contributed by atoms with Gasteiger partial charge >= 0.3 is 0 Å². The highest BCUT2D eigenvalue weighted by Crippen LogP contribution is 2.14. The molecule has 1 atom stereocenters. The van der Waals surface area contributed by atoms with E-state index in [0.29, 0.717) is 6.42 Å². The third kappa shape index (κ3) is 3.49. The lowest BCUT2D eigenvalue weighted by Gasteiger charge is -2.14.